The van der Waals surface area contributed by atoms with Gasteiger partial charge in [0.25, 0.3) is 5.69 Å². The first-order valence-electron chi connectivity index (χ1n) is 6.32. The van der Waals surface area contributed by atoms with Gasteiger partial charge in [-0.3, -0.25) is 14.9 Å². The molecule has 1 fully saturated rings. The molecule has 0 aromatic heterocycles. The Labute approximate surface area is 111 Å². The molecule has 0 aliphatic heterocycles. The van der Waals surface area contributed by atoms with Crippen molar-refractivity contribution < 1.29 is 9.72 Å². The van der Waals surface area contributed by atoms with Crippen molar-refractivity contribution in [3.63, 3.8) is 0 Å². The lowest BCUT2D eigenvalue weighted by Crippen LogP contribution is -2.29. The average Bonchev–Trinajstić information content (AvgIpc) is 3.15. The van der Waals surface area contributed by atoms with Crippen LogP contribution in [0.2, 0.25) is 0 Å². The van der Waals surface area contributed by atoms with Gasteiger partial charge in [-0.1, -0.05) is 6.07 Å². The van der Waals surface area contributed by atoms with Gasteiger partial charge in [0.2, 0.25) is 5.91 Å². The number of benzene rings is 1. The van der Waals surface area contributed by atoms with E-state index in [-0.39, 0.29) is 18.1 Å². The molecule has 2 N–H and O–H groups in total. The number of nitro benzene ring substituents is 1. The van der Waals surface area contributed by atoms with E-state index in [0.717, 1.165) is 6.54 Å². The summed E-state index contributed by atoms with van der Waals surface area (Å²) in [6, 6.07) is 4.66. The lowest BCUT2D eigenvalue weighted by molar-refractivity contribution is -0.385. The van der Waals surface area contributed by atoms with Crippen molar-refractivity contribution in [2.75, 3.05) is 18.4 Å². The summed E-state index contributed by atoms with van der Waals surface area (Å²) < 4.78 is 0. The summed E-state index contributed by atoms with van der Waals surface area (Å²) in [5.74, 6) is 0.539. The van der Waals surface area contributed by atoms with E-state index in [1.165, 1.54) is 18.9 Å². The Bertz CT molecular complexity index is 498. The fraction of sp³-hybridized carbons (Fsp3) is 0.462. The minimum Gasteiger partial charge on any atom is -0.324 e. The maximum Gasteiger partial charge on any atom is 0.274 e. The van der Waals surface area contributed by atoms with Gasteiger partial charge in [-0.15, -0.1) is 0 Å². The zero-order valence-electron chi connectivity index (χ0n) is 10.8. The second-order valence-corrected chi connectivity index (χ2v) is 4.83. The van der Waals surface area contributed by atoms with Crippen LogP contribution >= 0.6 is 0 Å². The lowest BCUT2D eigenvalue weighted by Gasteiger charge is -2.09. The van der Waals surface area contributed by atoms with Crippen LogP contribution in [0.15, 0.2) is 18.2 Å². The minimum absolute atomic E-state index is 0.0174. The minimum atomic E-state index is -0.448. The number of amides is 1. The standard InChI is InChI=1S/C13H17N3O3/c1-9-11(3-2-4-12(9)16(18)19)15-13(17)8-14-7-10-5-6-10/h2-4,10,14H,5-8H2,1H3,(H,15,17). The topological polar surface area (TPSA) is 84.3 Å². The molecule has 6 nitrogen and oxygen atoms in total. The summed E-state index contributed by atoms with van der Waals surface area (Å²) in [5.41, 5.74) is 0.985. The molecule has 0 heterocycles. The molecule has 0 radical (unpaired) electrons. The van der Waals surface area contributed by atoms with E-state index in [2.05, 4.69) is 10.6 Å². The van der Waals surface area contributed by atoms with E-state index in [1.807, 2.05) is 0 Å². The summed E-state index contributed by atoms with van der Waals surface area (Å²) in [5, 5.41) is 16.6. The van der Waals surface area contributed by atoms with Gasteiger partial charge in [-0.05, 0) is 38.3 Å². The molecule has 0 atom stereocenters. The molecule has 1 aromatic rings. The van der Waals surface area contributed by atoms with Crippen molar-refractivity contribution in [3.8, 4) is 0 Å². The van der Waals surface area contributed by atoms with E-state index >= 15 is 0 Å². The molecule has 1 aromatic carbocycles. The highest BCUT2D eigenvalue weighted by molar-refractivity contribution is 5.93. The summed E-state index contributed by atoms with van der Waals surface area (Å²) in [6.45, 7) is 2.73. The third-order valence-corrected chi connectivity index (χ3v) is 3.19. The Morgan fingerprint density at radius 2 is 2.21 bits per heavy atom. The maximum absolute atomic E-state index is 11.7. The van der Waals surface area contributed by atoms with E-state index < -0.39 is 4.92 Å². The van der Waals surface area contributed by atoms with E-state index in [1.54, 1.807) is 19.1 Å². The maximum atomic E-state index is 11.7. The van der Waals surface area contributed by atoms with Crippen molar-refractivity contribution in [2.45, 2.75) is 19.8 Å². The van der Waals surface area contributed by atoms with Crippen LogP contribution in [0.4, 0.5) is 11.4 Å². The number of anilines is 1. The highest BCUT2D eigenvalue weighted by Gasteiger charge is 2.20. The predicted molar refractivity (Wildman–Crippen MR) is 72.1 cm³/mol. The van der Waals surface area contributed by atoms with Gasteiger partial charge in [0.15, 0.2) is 0 Å². The zero-order valence-corrected chi connectivity index (χ0v) is 10.8. The number of hydrogen-bond acceptors (Lipinski definition) is 4. The SMILES string of the molecule is Cc1c(NC(=O)CNCC2CC2)cccc1[N+](=O)[O-]. The molecular formula is C13H17N3O3. The van der Waals surface area contributed by atoms with Gasteiger partial charge < -0.3 is 10.6 Å². The zero-order chi connectivity index (χ0) is 13.8. The predicted octanol–water partition coefficient (Wildman–Crippen LogP) is 1.84. The number of nitrogens with zero attached hydrogens (tertiary/aromatic N) is 1. The van der Waals surface area contributed by atoms with Crippen LogP contribution in [0.5, 0.6) is 0 Å². The summed E-state index contributed by atoms with van der Waals surface area (Å²) >= 11 is 0. The average molecular weight is 263 g/mol. The van der Waals surface area contributed by atoms with Gasteiger partial charge >= 0.3 is 0 Å². The molecule has 0 saturated heterocycles. The summed E-state index contributed by atoms with van der Waals surface area (Å²) in [6.07, 6.45) is 2.47. The van der Waals surface area contributed by atoms with Crippen LogP contribution in [-0.4, -0.2) is 23.9 Å². The van der Waals surface area contributed by atoms with Crippen LogP contribution in [-0.2, 0) is 4.79 Å². The second-order valence-electron chi connectivity index (χ2n) is 4.83. The van der Waals surface area contributed by atoms with Gasteiger partial charge in [-0.2, -0.15) is 0 Å². The third-order valence-electron chi connectivity index (χ3n) is 3.19. The molecule has 1 aliphatic carbocycles. The van der Waals surface area contributed by atoms with Gasteiger partial charge in [0.05, 0.1) is 22.7 Å². The first-order valence-corrected chi connectivity index (χ1v) is 6.32. The van der Waals surface area contributed by atoms with Crippen molar-refractivity contribution in [3.05, 3.63) is 33.9 Å². The largest absolute Gasteiger partial charge is 0.324 e. The Kier molecular flexibility index (Phi) is 4.11. The number of hydrogen-bond donors (Lipinski definition) is 2. The number of nitrogens with one attached hydrogen (secondary N) is 2. The van der Waals surface area contributed by atoms with E-state index in [0.29, 0.717) is 17.2 Å². The van der Waals surface area contributed by atoms with Crippen LogP contribution in [0.3, 0.4) is 0 Å². The van der Waals surface area contributed by atoms with Gasteiger partial charge in [0.1, 0.15) is 0 Å². The molecule has 1 aliphatic rings. The van der Waals surface area contributed by atoms with Crippen molar-refractivity contribution in [2.24, 2.45) is 5.92 Å². The van der Waals surface area contributed by atoms with Crippen LogP contribution in [0.1, 0.15) is 18.4 Å². The first kappa shape index (κ1) is 13.5. The highest BCUT2D eigenvalue weighted by Crippen LogP contribution is 2.27. The van der Waals surface area contributed by atoms with Gasteiger partial charge in [0, 0.05) is 6.07 Å². The molecule has 6 heteroatoms. The van der Waals surface area contributed by atoms with E-state index in [4.69, 9.17) is 0 Å². The molecule has 2 rings (SSSR count). The Hall–Kier alpha value is -1.95. The normalized spacial score (nSPS) is 14.2. The lowest BCUT2D eigenvalue weighted by atomic mass is 10.1. The van der Waals surface area contributed by atoms with Crippen molar-refractivity contribution in [1.29, 1.82) is 0 Å². The smallest absolute Gasteiger partial charge is 0.274 e. The fourth-order valence-corrected chi connectivity index (χ4v) is 1.86. The number of rotatable bonds is 6. The first-order chi connectivity index (χ1) is 9.08. The number of carbonyl (C=O) groups is 1. The fourth-order valence-electron chi connectivity index (χ4n) is 1.86. The number of nitro groups is 1. The Morgan fingerprint density at radius 3 is 2.84 bits per heavy atom. The molecule has 0 spiro atoms. The van der Waals surface area contributed by atoms with Crippen LogP contribution < -0.4 is 10.6 Å². The Balaban J connectivity index is 1.91. The third kappa shape index (κ3) is 3.75. The Morgan fingerprint density at radius 1 is 1.47 bits per heavy atom. The van der Waals surface area contributed by atoms with E-state index in [9.17, 15) is 14.9 Å². The molecule has 0 bridgehead atoms. The monoisotopic (exact) mass is 263 g/mol. The highest BCUT2D eigenvalue weighted by atomic mass is 16.6. The van der Waals surface area contributed by atoms with Crippen molar-refractivity contribution >= 4 is 17.3 Å². The molecule has 102 valence electrons. The molecular weight excluding hydrogens is 246 g/mol. The van der Waals surface area contributed by atoms with Crippen molar-refractivity contribution in [1.82, 2.24) is 5.32 Å². The van der Waals surface area contributed by atoms with Crippen LogP contribution in [0.25, 0.3) is 0 Å². The summed E-state index contributed by atoms with van der Waals surface area (Å²) in [7, 11) is 0. The molecule has 1 saturated carbocycles. The molecule has 1 amide bonds. The second kappa shape index (κ2) is 5.79. The van der Waals surface area contributed by atoms with Crippen LogP contribution in [0, 0.1) is 23.0 Å². The summed E-state index contributed by atoms with van der Waals surface area (Å²) in [4.78, 5) is 22.1. The molecule has 0 unspecified atom stereocenters. The quantitative estimate of drug-likeness (QED) is 0.606. The molecule has 19 heavy (non-hydrogen) atoms. The number of carbonyl (C=O) groups excluding carboxylic acids is 1. The van der Waals surface area contributed by atoms with Gasteiger partial charge in [-0.25, -0.2) is 0 Å².